The maximum absolute atomic E-state index is 11.4. The molecule has 2 aromatic rings. The van der Waals surface area contributed by atoms with E-state index in [1.165, 1.54) is 0 Å². The molecule has 0 bridgehead atoms. The van der Waals surface area contributed by atoms with E-state index in [9.17, 15) is 9.90 Å². The Kier molecular flexibility index (Phi) is 3.63. The second-order valence-electron chi connectivity index (χ2n) is 4.20. The first-order valence-electron chi connectivity index (χ1n) is 5.79. The molecular weight excluding hydrogens is 226 g/mol. The summed E-state index contributed by atoms with van der Waals surface area (Å²) in [6, 6.07) is 16.6. The van der Waals surface area contributed by atoms with Crippen molar-refractivity contribution in [2.45, 2.75) is 12.3 Å². The van der Waals surface area contributed by atoms with Crippen molar-refractivity contribution in [2.24, 2.45) is 0 Å². The maximum Gasteiger partial charge on any atom is 0.311 e. The van der Waals surface area contributed by atoms with Crippen molar-refractivity contribution in [3.63, 3.8) is 0 Å². The molecule has 0 unspecified atom stereocenters. The zero-order valence-electron chi connectivity index (χ0n) is 9.91. The van der Waals surface area contributed by atoms with Gasteiger partial charge in [-0.05, 0) is 23.6 Å². The Balaban J connectivity index is 2.28. The number of rotatable bonds is 4. The average molecular weight is 241 g/mol. The van der Waals surface area contributed by atoms with Crippen molar-refractivity contribution in [3.8, 4) is 0 Å². The van der Waals surface area contributed by atoms with Gasteiger partial charge < -0.3 is 10.8 Å². The molecular formula is C15H15NO2. The number of hydrogen-bond acceptors (Lipinski definition) is 2. The number of hydrogen-bond donors (Lipinski definition) is 2. The molecule has 0 aliphatic rings. The topological polar surface area (TPSA) is 63.3 Å². The van der Waals surface area contributed by atoms with Crippen LogP contribution in [0.2, 0.25) is 0 Å². The van der Waals surface area contributed by atoms with Crippen LogP contribution in [-0.4, -0.2) is 11.1 Å². The standard InChI is InChI=1S/C15H15NO2/c16-14-9-5-4-8-12(14)10-13(15(17)18)11-6-2-1-3-7-11/h1-9,13H,10,16H2,(H,17,18)/t13-/m1/s1. The summed E-state index contributed by atoms with van der Waals surface area (Å²) in [5, 5.41) is 9.34. The third-order valence-corrected chi connectivity index (χ3v) is 2.98. The number of anilines is 1. The Labute approximate surface area is 106 Å². The molecule has 0 amide bonds. The molecule has 0 radical (unpaired) electrons. The van der Waals surface area contributed by atoms with Crippen molar-refractivity contribution in [2.75, 3.05) is 5.73 Å². The van der Waals surface area contributed by atoms with E-state index in [0.29, 0.717) is 12.1 Å². The lowest BCUT2D eigenvalue weighted by Crippen LogP contribution is -2.15. The predicted octanol–water partition coefficient (Wildman–Crippen LogP) is 2.68. The minimum atomic E-state index is -0.829. The summed E-state index contributed by atoms with van der Waals surface area (Å²) in [6.45, 7) is 0. The Morgan fingerprint density at radius 1 is 1.06 bits per heavy atom. The summed E-state index contributed by atoms with van der Waals surface area (Å²) in [6.07, 6.45) is 0.409. The van der Waals surface area contributed by atoms with Crippen molar-refractivity contribution < 1.29 is 9.90 Å². The Morgan fingerprint density at radius 2 is 1.67 bits per heavy atom. The Morgan fingerprint density at radius 3 is 2.28 bits per heavy atom. The van der Waals surface area contributed by atoms with Crippen molar-refractivity contribution >= 4 is 11.7 Å². The molecule has 0 spiro atoms. The highest BCUT2D eigenvalue weighted by Gasteiger charge is 2.20. The zero-order chi connectivity index (χ0) is 13.0. The second-order valence-corrected chi connectivity index (χ2v) is 4.20. The summed E-state index contributed by atoms with van der Waals surface area (Å²) in [4.78, 5) is 11.4. The summed E-state index contributed by atoms with van der Waals surface area (Å²) in [5.74, 6) is -1.39. The highest BCUT2D eigenvalue weighted by Crippen LogP contribution is 2.24. The Bertz CT molecular complexity index is 537. The van der Waals surface area contributed by atoms with Crippen LogP contribution < -0.4 is 5.73 Å². The second kappa shape index (κ2) is 5.36. The van der Waals surface area contributed by atoms with E-state index in [1.807, 2.05) is 48.5 Å². The Hall–Kier alpha value is -2.29. The summed E-state index contributed by atoms with van der Waals surface area (Å²) >= 11 is 0. The average Bonchev–Trinajstić information content (AvgIpc) is 2.38. The van der Waals surface area contributed by atoms with Gasteiger partial charge in [-0.25, -0.2) is 0 Å². The number of nitrogen functional groups attached to an aromatic ring is 1. The van der Waals surface area contributed by atoms with Crippen molar-refractivity contribution in [3.05, 3.63) is 65.7 Å². The van der Waals surface area contributed by atoms with Crippen LogP contribution in [0.3, 0.4) is 0 Å². The van der Waals surface area contributed by atoms with Gasteiger partial charge in [0, 0.05) is 5.69 Å². The minimum absolute atomic E-state index is 0.409. The van der Waals surface area contributed by atoms with E-state index < -0.39 is 11.9 Å². The monoisotopic (exact) mass is 241 g/mol. The van der Waals surface area contributed by atoms with Gasteiger partial charge in [-0.15, -0.1) is 0 Å². The van der Waals surface area contributed by atoms with Crippen molar-refractivity contribution in [1.82, 2.24) is 0 Å². The fraction of sp³-hybridized carbons (Fsp3) is 0.133. The molecule has 3 N–H and O–H groups in total. The van der Waals surface area contributed by atoms with Gasteiger partial charge in [0.2, 0.25) is 0 Å². The molecule has 0 aliphatic carbocycles. The lowest BCUT2D eigenvalue weighted by Gasteiger charge is -2.14. The highest BCUT2D eigenvalue weighted by molar-refractivity contribution is 5.77. The first kappa shape index (κ1) is 12.2. The van der Waals surface area contributed by atoms with E-state index in [0.717, 1.165) is 11.1 Å². The van der Waals surface area contributed by atoms with Crippen LogP contribution in [0.25, 0.3) is 0 Å². The molecule has 0 fully saturated rings. The third kappa shape index (κ3) is 2.69. The molecule has 0 saturated heterocycles. The van der Waals surface area contributed by atoms with Crippen LogP contribution in [0.1, 0.15) is 17.0 Å². The van der Waals surface area contributed by atoms with Gasteiger partial charge in [-0.2, -0.15) is 0 Å². The molecule has 0 aliphatic heterocycles. The lowest BCUT2D eigenvalue weighted by atomic mass is 9.91. The van der Waals surface area contributed by atoms with Crippen LogP contribution in [-0.2, 0) is 11.2 Å². The van der Waals surface area contributed by atoms with Crippen LogP contribution in [0.4, 0.5) is 5.69 Å². The minimum Gasteiger partial charge on any atom is -0.481 e. The van der Waals surface area contributed by atoms with Crippen LogP contribution >= 0.6 is 0 Å². The van der Waals surface area contributed by atoms with Crippen molar-refractivity contribution in [1.29, 1.82) is 0 Å². The number of carboxylic acids is 1. The van der Waals surface area contributed by atoms with Gasteiger partial charge in [0.05, 0.1) is 5.92 Å². The molecule has 2 rings (SSSR count). The van der Waals surface area contributed by atoms with Gasteiger partial charge in [0.1, 0.15) is 0 Å². The predicted molar refractivity (Wildman–Crippen MR) is 71.4 cm³/mol. The summed E-state index contributed by atoms with van der Waals surface area (Å²) < 4.78 is 0. The van der Waals surface area contributed by atoms with E-state index >= 15 is 0 Å². The molecule has 2 aromatic carbocycles. The van der Waals surface area contributed by atoms with E-state index in [-0.39, 0.29) is 0 Å². The van der Waals surface area contributed by atoms with Crippen LogP contribution in [0, 0.1) is 0 Å². The normalized spacial score (nSPS) is 12.0. The first-order chi connectivity index (χ1) is 8.68. The fourth-order valence-electron chi connectivity index (χ4n) is 1.97. The zero-order valence-corrected chi connectivity index (χ0v) is 9.91. The third-order valence-electron chi connectivity index (χ3n) is 2.98. The molecule has 0 saturated carbocycles. The van der Waals surface area contributed by atoms with E-state index in [1.54, 1.807) is 6.07 Å². The van der Waals surface area contributed by atoms with Gasteiger partial charge in [-0.1, -0.05) is 48.5 Å². The quantitative estimate of drug-likeness (QED) is 0.809. The lowest BCUT2D eigenvalue weighted by molar-refractivity contribution is -0.138. The number of aliphatic carboxylic acids is 1. The number of nitrogens with two attached hydrogens (primary N) is 1. The number of benzene rings is 2. The molecule has 1 atom stereocenters. The highest BCUT2D eigenvalue weighted by atomic mass is 16.4. The molecule has 18 heavy (non-hydrogen) atoms. The molecule has 0 heterocycles. The number of carboxylic acid groups (broad SMARTS) is 1. The van der Waals surface area contributed by atoms with Gasteiger partial charge in [0.15, 0.2) is 0 Å². The molecule has 3 heteroatoms. The largest absolute Gasteiger partial charge is 0.481 e. The van der Waals surface area contributed by atoms with E-state index in [4.69, 9.17) is 5.73 Å². The first-order valence-corrected chi connectivity index (χ1v) is 5.79. The van der Waals surface area contributed by atoms with E-state index in [2.05, 4.69) is 0 Å². The van der Waals surface area contributed by atoms with Gasteiger partial charge in [0.25, 0.3) is 0 Å². The fourth-order valence-corrected chi connectivity index (χ4v) is 1.97. The summed E-state index contributed by atoms with van der Waals surface area (Å²) in [5.41, 5.74) is 8.16. The maximum atomic E-state index is 11.4. The number of para-hydroxylation sites is 1. The smallest absolute Gasteiger partial charge is 0.311 e. The van der Waals surface area contributed by atoms with Crippen LogP contribution in [0.5, 0.6) is 0 Å². The van der Waals surface area contributed by atoms with Gasteiger partial charge in [-0.3, -0.25) is 4.79 Å². The number of carbonyl (C=O) groups is 1. The SMILES string of the molecule is Nc1ccccc1C[C@@H](C(=O)O)c1ccccc1. The molecule has 92 valence electrons. The summed E-state index contributed by atoms with van der Waals surface area (Å²) in [7, 11) is 0. The molecule has 0 aromatic heterocycles. The van der Waals surface area contributed by atoms with Crippen LogP contribution in [0.15, 0.2) is 54.6 Å². The van der Waals surface area contributed by atoms with Gasteiger partial charge >= 0.3 is 5.97 Å². The molecule has 3 nitrogen and oxygen atoms in total.